The fourth-order valence-corrected chi connectivity index (χ4v) is 4.54. The van der Waals surface area contributed by atoms with Crippen LogP contribution in [0.5, 0.6) is 5.75 Å². The second-order valence-corrected chi connectivity index (χ2v) is 8.62. The van der Waals surface area contributed by atoms with Crippen molar-refractivity contribution in [3.63, 3.8) is 0 Å². The molecular weight excluding hydrogens is 463 g/mol. The molecule has 0 fully saturated rings. The molecule has 0 saturated heterocycles. The fraction of sp³-hybridized carbons (Fsp3) is 0.286. The highest BCUT2D eigenvalue weighted by Gasteiger charge is 2.25. The lowest BCUT2D eigenvalue weighted by atomic mass is 9.82. The van der Waals surface area contributed by atoms with Crippen LogP contribution in [0.1, 0.15) is 61.8 Å². The molecule has 0 bridgehead atoms. The van der Waals surface area contributed by atoms with Gasteiger partial charge in [-0.05, 0) is 73.9 Å². The molecule has 0 aromatic heterocycles. The van der Waals surface area contributed by atoms with Gasteiger partial charge in [0.15, 0.2) is 23.2 Å². The molecule has 0 heterocycles. The van der Waals surface area contributed by atoms with E-state index in [1.807, 2.05) is 6.08 Å². The third kappa shape index (κ3) is 4.82. The number of halogens is 5. The Hall–Kier alpha value is -3.19. The van der Waals surface area contributed by atoms with Gasteiger partial charge in [-0.2, -0.15) is 4.39 Å². The molecular formula is C28H25F5O2. The number of ether oxygens (including phenoxy) is 1. The summed E-state index contributed by atoms with van der Waals surface area (Å²) >= 11 is 0. The van der Waals surface area contributed by atoms with Gasteiger partial charge in [0.05, 0.1) is 12.7 Å². The van der Waals surface area contributed by atoms with Crippen LogP contribution < -0.4 is 4.74 Å². The van der Waals surface area contributed by atoms with Crippen molar-refractivity contribution in [2.75, 3.05) is 6.61 Å². The molecule has 3 aromatic carbocycles. The van der Waals surface area contributed by atoms with Crippen LogP contribution in [0.4, 0.5) is 22.0 Å². The standard InChI is InChI=1S/C28H25F5O2/c1-3-35-24-13-12-22(27(32)28(24)33)21-9-8-18(14-23(21)29)16-4-6-17(7-5-16)20-11-10-19(15(2)34)25(30)26(20)31/h4,8-15,17,34H,3,5-7H2,1-2H3. The van der Waals surface area contributed by atoms with Crippen LogP contribution in [-0.2, 0) is 0 Å². The monoisotopic (exact) mass is 488 g/mol. The number of aliphatic hydroxyl groups is 1. The summed E-state index contributed by atoms with van der Waals surface area (Å²) in [5.41, 5.74) is 1.32. The second-order valence-electron chi connectivity index (χ2n) is 8.62. The second kappa shape index (κ2) is 10.2. The normalized spacial score (nSPS) is 16.7. The summed E-state index contributed by atoms with van der Waals surface area (Å²) in [6.07, 6.45) is 2.22. The van der Waals surface area contributed by atoms with E-state index in [2.05, 4.69) is 0 Å². The summed E-state index contributed by atoms with van der Waals surface area (Å²) in [6.45, 7) is 3.19. The van der Waals surface area contributed by atoms with E-state index in [0.29, 0.717) is 24.8 Å². The molecule has 0 aliphatic heterocycles. The van der Waals surface area contributed by atoms with Gasteiger partial charge in [-0.25, -0.2) is 17.6 Å². The maximum absolute atomic E-state index is 14.9. The SMILES string of the molecule is CCOc1ccc(-c2ccc(C3=CCC(c4ccc(C(C)O)c(F)c4F)CC3)cc2F)c(F)c1F. The van der Waals surface area contributed by atoms with E-state index in [4.69, 9.17) is 4.74 Å². The molecule has 1 aliphatic carbocycles. The summed E-state index contributed by atoms with van der Waals surface area (Å²) < 4.78 is 77.6. The first-order valence-electron chi connectivity index (χ1n) is 11.5. The average Bonchev–Trinajstić information content (AvgIpc) is 2.84. The van der Waals surface area contributed by atoms with E-state index in [-0.39, 0.29) is 40.5 Å². The highest BCUT2D eigenvalue weighted by molar-refractivity contribution is 5.72. The van der Waals surface area contributed by atoms with E-state index in [0.717, 1.165) is 5.57 Å². The van der Waals surface area contributed by atoms with Gasteiger partial charge in [0, 0.05) is 16.7 Å². The van der Waals surface area contributed by atoms with E-state index in [1.54, 1.807) is 13.0 Å². The van der Waals surface area contributed by atoms with E-state index < -0.39 is 35.2 Å². The Morgan fingerprint density at radius 2 is 1.66 bits per heavy atom. The van der Waals surface area contributed by atoms with Gasteiger partial charge in [-0.15, -0.1) is 0 Å². The minimum absolute atomic E-state index is 0.0711. The third-order valence-electron chi connectivity index (χ3n) is 6.42. The van der Waals surface area contributed by atoms with Crippen LogP contribution in [0.3, 0.4) is 0 Å². The van der Waals surface area contributed by atoms with Crippen LogP contribution in [0.15, 0.2) is 48.5 Å². The van der Waals surface area contributed by atoms with Crippen molar-refractivity contribution in [2.45, 2.75) is 45.1 Å². The van der Waals surface area contributed by atoms with Gasteiger partial charge in [-0.1, -0.05) is 30.3 Å². The first-order valence-corrected chi connectivity index (χ1v) is 11.5. The molecule has 0 spiro atoms. The predicted molar refractivity (Wildman–Crippen MR) is 124 cm³/mol. The Labute approximate surface area is 200 Å². The lowest BCUT2D eigenvalue weighted by Gasteiger charge is -2.24. The lowest BCUT2D eigenvalue weighted by molar-refractivity contribution is 0.192. The average molecular weight is 488 g/mol. The minimum Gasteiger partial charge on any atom is -0.491 e. The van der Waals surface area contributed by atoms with Gasteiger partial charge in [-0.3, -0.25) is 0 Å². The first-order chi connectivity index (χ1) is 16.7. The van der Waals surface area contributed by atoms with Gasteiger partial charge >= 0.3 is 0 Å². The highest BCUT2D eigenvalue weighted by Crippen LogP contribution is 2.39. The Bertz CT molecular complexity index is 1280. The lowest BCUT2D eigenvalue weighted by Crippen LogP contribution is -2.09. The van der Waals surface area contributed by atoms with Gasteiger partial charge in [0.2, 0.25) is 5.82 Å². The van der Waals surface area contributed by atoms with Crippen LogP contribution in [0, 0.1) is 29.1 Å². The van der Waals surface area contributed by atoms with Crippen LogP contribution >= 0.6 is 0 Å². The molecule has 4 rings (SSSR count). The van der Waals surface area contributed by atoms with Crippen molar-refractivity contribution in [3.05, 3.63) is 94.3 Å². The molecule has 3 aromatic rings. The van der Waals surface area contributed by atoms with E-state index in [1.165, 1.54) is 43.3 Å². The Kier molecular flexibility index (Phi) is 7.26. The Morgan fingerprint density at radius 3 is 2.29 bits per heavy atom. The van der Waals surface area contributed by atoms with Crippen LogP contribution in [0.2, 0.25) is 0 Å². The largest absolute Gasteiger partial charge is 0.491 e. The van der Waals surface area contributed by atoms with Gasteiger partial charge in [0.25, 0.3) is 0 Å². The fourth-order valence-electron chi connectivity index (χ4n) is 4.54. The molecule has 1 N–H and O–H groups in total. The third-order valence-corrected chi connectivity index (χ3v) is 6.42. The summed E-state index contributed by atoms with van der Waals surface area (Å²) in [6, 6.07) is 9.76. The number of benzene rings is 3. The summed E-state index contributed by atoms with van der Waals surface area (Å²) in [7, 11) is 0. The van der Waals surface area contributed by atoms with Crippen molar-refractivity contribution in [2.24, 2.45) is 0 Å². The van der Waals surface area contributed by atoms with Crippen molar-refractivity contribution in [3.8, 4) is 16.9 Å². The zero-order chi connectivity index (χ0) is 25.3. The molecule has 1 aliphatic rings. The molecule has 2 atom stereocenters. The topological polar surface area (TPSA) is 29.5 Å². The maximum atomic E-state index is 14.9. The minimum atomic E-state index is -1.18. The van der Waals surface area contributed by atoms with Crippen molar-refractivity contribution in [1.82, 2.24) is 0 Å². The smallest absolute Gasteiger partial charge is 0.201 e. The molecule has 184 valence electrons. The number of hydrogen-bond acceptors (Lipinski definition) is 2. The molecule has 0 amide bonds. The van der Waals surface area contributed by atoms with Gasteiger partial charge < -0.3 is 9.84 Å². The molecule has 0 radical (unpaired) electrons. The van der Waals surface area contributed by atoms with Crippen LogP contribution in [-0.4, -0.2) is 11.7 Å². The van der Waals surface area contributed by atoms with Crippen molar-refractivity contribution < 1.29 is 31.8 Å². The van der Waals surface area contributed by atoms with E-state index in [9.17, 15) is 27.1 Å². The number of allylic oxidation sites excluding steroid dienone is 2. The maximum Gasteiger partial charge on any atom is 0.201 e. The summed E-state index contributed by atoms with van der Waals surface area (Å²) in [5, 5.41) is 9.58. The van der Waals surface area contributed by atoms with Gasteiger partial charge in [0.1, 0.15) is 5.82 Å². The van der Waals surface area contributed by atoms with Crippen molar-refractivity contribution in [1.29, 1.82) is 0 Å². The quantitative estimate of drug-likeness (QED) is 0.358. The zero-order valence-corrected chi connectivity index (χ0v) is 19.3. The first kappa shape index (κ1) is 24.9. The predicted octanol–water partition coefficient (Wildman–Crippen LogP) is 7.85. The van der Waals surface area contributed by atoms with E-state index >= 15 is 0 Å². The summed E-state index contributed by atoms with van der Waals surface area (Å²) in [4.78, 5) is 0. The Balaban J connectivity index is 1.56. The zero-order valence-electron chi connectivity index (χ0n) is 19.3. The number of hydrogen-bond donors (Lipinski definition) is 1. The molecule has 35 heavy (non-hydrogen) atoms. The molecule has 2 unspecified atom stereocenters. The Morgan fingerprint density at radius 1 is 0.914 bits per heavy atom. The molecule has 7 heteroatoms. The molecule has 2 nitrogen and oxygen atoms in total. The molecule has 0 saturated carbocycles. The number of rotatable bonds is 6. The highest BCUT2D eigenvalue weighted by atomic mass is 19.2. The summed E-state index contributed by atoms with van der Waals surface area (Å²) in [5.74, 6) is -5.52. The van der Waals surface area contributed by atoms with Crippen molar-refractivity contribution >= 4 is 5.57 Å². The number of aliphatic hydroxyl groups excluding tert-OH is 1. The van der Waals surface area contributed by atoms with Crippen LogP contribution in [0.25, 0.3) is 16.7 Å².